The number of sulfone groups is 1. The predicted octanol–water partition coefficient (Wildman–Crippen LogP) is 5.27. The van der Waals surface area contributed by atoms with Crippen LogP contribution >= 0.6 is 0 Å². The van der Waals surface area contributed by atoms with Gasteiger partial charge in [0.15, 0.2) is 21.3 Å². The van der Waals surface area contributed by atoms with Crippen molar-refractivity contribution in [2.24, 2.45) is 13.0 Å². The Bertz CT molecular complexity index is 1790. The van der Waals surface area contributed by atoms with Crippen molar-refractivity contribution < 1.29 is 26.7 Å². The van der Waals surface area contributed by atoms with Crippen LogP contribution in [0, 0.1) is 12.8 Å². The monoisotopic (exact) mass is 599 g/mol. The molecular weight excluding hydrogens is 568 g/mol. The molecule has 14 heteroatoms. The van der Waals surface area contributed by atoms with Gasteiger partial charge in [-0.05, 0) is 56.7 Å². The Morgan fingerprint density at radius 2 is 1.90 bits per heavy atom. The molecular formula is C28H31F2N7O4S. The minimum absolute atomic E-state index is 0.0114. The Labute approximate surface area is 241 Å². The second-order valence-electron chi connectivity index (χ2n) is 10.9. The molecule has 1 aliphatic heterocycles. The normalized spacial score (nSPS) is 17.6. The van der Waals surface area contributed by atoms with Gasteiger partial charge in [0.2, 0.25) is 5.91 Å². The van der Waals surface area contributed by atoms with Gasteiger partial charge in [0.25, 0.3) is 6.43 Å². The second-order valence-corrected chi connectivity index (χ2v) is 12.9. The van der Waals surface area contributed by atoms with Crippen LogP contribution in [0.2, 0.25) is 0 Å². The van der Waals surface area contributed by atoms with E-state index in [1.807, 2.05) is 13.1 Å². The van der Waals surface area contributed by atoms with Gasteiger partial charge in [0.1, 0.15) is 17.6 Å². The summed E-state index contributed by atoms with van der Waals surface area (Å²) in [5.74, 6) is -0.709. The molecule has 1 saturated carbocycles. The second kappa shape index (κ2) is 10.7. The van der Waals surface area contributed by atoms with Crippen LogP contribution in [0.25, 0.3) is 22.4 Å². The number of pyridine rings is 1. The molecule has 222 valence electrons. The van der Waals surface area contributed by atoms with Gasteiger partial charge < -0.3 is 15.4 Å². The summed E-state index contributed by atoms with van der Waals surface area (Å²) in [5, 5.41) is 10.3. The van der Waals surface area contributed by atoms with Crippen LogP contribution < -0.4 is 10.6 Å². The molecule has 2 aliphatic rings. The van der Waals surface area contributed by atoms with E-state index < -0.39 is 28.3 Å². The summed E-state index contributed by atoms with van der Waals surface area (Å²) in [6.07, 6.45) is 2.94. The minimum atomic E-state index is -3.76. The Morgan fingerprint density at radius 3 is 2.52 bits per heavy atom. The van der Waals surface area contributed by atoms with Gasteiger partial charge in [-0.3, -0.25) is 14.0 Å². The van der Waals surface area contributed by atoms with Gasteiger partial charge >= 0.3 is 0 Å². The van der Waals surface area contributed by atoms with Crippen molar-refractivity contribution in [3.8, 4) is 11.3 Å². The number of hydrogen-bond donors (Lipinski definition) is 2. The number of halogens is 2. The summed E-state index contributed by atoms with van der Waals surface area (Å²) in [6.45, 7) is 2.29. The number of alkyl halides is 2. The molecule has 0 bridgehead atoms. The molecule has 2 N–H and O–H groups in total. The number of fused-ring (bicyclic) bond motifs is 1. The fourth-order valence-electron chi connectivity index (χ4n) is 5.30. The SMILES string of the molecule is Cc1cn(C)nc1-c1ccc(Nc2cc(NC(=O)C3CC3)nc3c2nc(C(F)F)n3C2CCCCO2)c(S(C)(=O)=O)c1. The number of anilines is 3. The van der Waals surface area contributed by atoms with Gasteiger partial charge in [-0.2, -0.15) is 5.10 Å². The summed E-state index contributed by atoms with van der Waals surface area (Å²) in [6, 6.07) is 6.35. The highest BCUT2D eigenvalue weighted by molar-refractivity contribution is 7.90. The van der Waals surface area contributed by atoms with E-state index in [4.69, 9.17) is 4.74 Å². The number of imidazole rings is 1. The van der Waals surface area contributed by atoms with Crippen LogP contribution in [-0.4, -0.2) is 51.5 Å². The van der Waals surface area contributed by atoms with E-state index in [1.54, 1.807) is 23.9 Å². The Hall–Kier alpha value is -3.91. The van der Waals surface area contributed by atoms with Gasteiger partial charge in [-0.1, -0.05) is 6.07 Å². The molecule has 4 aromatic rings. The Balaban J connectivity index is 1.50. The first-order valence-corrected chi connectivity index (χ1v) is 15.6. The number of rotatable bonds is 8. The summed E-state index contributed by atoms with van der Waals surface area (Å²) >= 11 is 0. The number of aromatic nitrogens is 5. The molecule has 2 fully saturated rings. The quantitative estimate of drug-likeness (QED) is 0.280. The van der Waals surface area contributed by atoms with Crippen molar-refractivity contribution in [2.45, 2.75) is 56.6 Å². The van der Waals surface area contributed by atoms with E-state index >= 15 is 0 Å². The van der Waals surface area contributed by atoms with E-state index in [-0.39, 0.29) is 45.1 Å². The van der Waals surface area contributed by atoms with E-state index in [9.17, 15) is 22.0 Å². The van der Waals surface area contributed by atoms with Gasteiger partial charge in [0.05, 0.1) is 22.0 Å². The summed E-state index contributed by atoms with van der Waals surface area (Å²) in [4.78, 5) is 21.4. The highest BCUT2D eigenvalue weighted by Gasteiger charge is 2.32. The van der Waals surface area contributed by atoms with E-state index in [2.05, 4.69) is 25.7 Å². The van der Waals surface area contributed by atoms with Crippen molar-refractivity contribution in [3.05, 3.63) is 41.9 Å². The number of benzene rings is 1. The number of carbonyl (C=O) groups is 1. The first kappa shape index (κ1) is 28.2. The van der Waals surface area contributed by atoms with Crippen molar-refractivity contribution >= 4 is 44.1 Å². The largest absolute Gasteiger partial charge is 0.358 e. The number of amides is 1. The van der Waals surface area contributed by atoms with Crippen molar-refractivity contribution in [1.29, 1.82) is 0 Å². The fourth-order valence-corrected chi connectivity index (χ4v) is 6.15. The lowest BCUT2D eigenvalue weighted by Crippen LogP contribution is -2.21. The maximum absolute atomic E-state index is 14.3. The molecule has 0 radical (unpaired) electrons. The number of nitrogens with one attached hydrogen (secondary N) is 2. The molecule has 1 saturated heterocycles. The number of ether oxygens (including phenoxy) is 1. The topological polar surface area (TPSA) is 133 Å². The first-order chi connectivity index (χ1) is 20.0. The average Bonchev–Trinajstić information content (AvgIpc) is 3.64. The number of hydrogen-bond acceptors (Lipinski definition) is 8. The van der Waals surface area contributed by atoms with Crippen LogP contribution in [0.4, 0.5) is 26.0 Å². The number of carbonyl (C=O) groups excluding carboxylic acids is 1. The Morgan fingerprint density at radius 1 is 1.12 bits per heavy atom. The lowest BCUT2D eigenvalue weighted by molar-refractivity contribution is -0.117. The lowest BCUT2D eigenvalue weighted by Gasteiger charge is -2.25. The third-order valence-corrected chi connectivity index (χ3v) is 8.59. The van der Waals surface area contributed by atoms with Crippen molar-refractivity contribution in [1.82, 2.24) is 24.3 Å². The molecule has 4 heterocycles. The standard InChI is InChI=1S/C28H31F2N7O4S/c1-15-14-36(2)35-23(15)17-9-10-18(20(12-17)42(3,39)40)31-19-13-21(33-28(38)16-7-8-16)32-26-24(19)34-27(25(29)30)37(26)22-6-4-5-11-41-22/h9-10,12-14,16,22,25H,4-8,11H2,1-3H3,(H2,31,32,33,38). The zero-order chi connectivity index (χ0) is 29.8. The molecule has 42 heavy (non-hydrogen) atoms. The lowest BCUT2D eigenvalue weighted by atomic mass is 10.1. The average molecular weight is 600 g/mol. The molecule has 3 aromatic heterocycles. The van der Waals surface area contributed by atoms with E-state index in [1.165, 1.54) is 16.7 Å². The third kappa shape index (κ3) is 5.48. The van der Waals surface area contributed by atoms with Crippen molar-refractivity contribution in [2.75, 3.05) is 23.5 Å². The third-order valence-electron chi connectivity index (χ3n) is 7.45. The van der Waals surface area contributed by atoms with Gasteiger partial charge in [0, 0.05) is 43.7 Å². The first-order valence-electron chi connectivity index (χ1n) is 13.7. The van der Waals surface area contributed by atoms with Crippen LogP contribution in [0.3, 0.4) is 0 Å². The summed E-state index contributed by atoms with van der Waals surface area (Å²) < 4.78 is 63.3. The minimum Gasteiger partial charge on any atom is -0.358 e. The van der Waals surface area contributed by atoms with E-state index in [0.29, 0.717) is 24.3 Å². The maximum Gasteiger partial charge on any atom is 0.295 e. The predicted molar refractivity (Wildman–Crippen MR) is 152 cm³/mol. The molecule has 1 unspecified atom stereocenters. The molecule has 0 spiro atoms. The highest BCUT2D eigenvalue weighted by Crippen LogP contribution is 2.38. The van der Waals surface area contributed by atoms with Crippen LogP contribution in [0.1, 0.15) is 56.1 Å². The molecule has 6 rings (SSSR count). The maximum atomic E-state index is 14.3. The number of aryl methyl sites for hydroxylation is 2. The molecule has 1 aromatic carbocycles. The van der Waals surface area contributed by atoms with Crippen LogP contribution in [0.15, 0.2) is 35.4 Å². The zero-order valence-corrected chi connectivity index (χ0v) is 24.2. The molecule has 1 aliphatic carbocycles. The van der Waals surface area contributed by atoms with Gasteiger partial charge in [-0.15, -0.1) is 0 Å². The van der Waals surface area contributed by atoms with Crippen molar-refractivity contribution in [3.63, 3.8) is 0 Å². The summed E-state index contributed by atoms with van der Waals surface area (Å²) in [7, 11) is -1.98. The van der Waals surface area contributed by atoms with Crippen LogP contribution in [-0.2, 0) is 26.4 Å². The Kier molecular flexibility index (Phi) is 7.21. The van der Waals surface area contributed by atoms with Gasteiger partial charge in [-0.25, -0.2) is 27.2 Å². The van der Waals surface area contributed by atoms with Crippen LogP contribution in [0.5, 0.6) is 0 Å². The smallest absolute Gasteiger partial charge is 0.295 e. The molecule has 11 nitrogen and oxygen atoms in total. The molecule has 1 atom stereocenters. The highest BCUT2D eigenvalue weighted by atomic mass is 32.2. The van der Waals surface area contributed by atoms with E-state index in [0.717, 1.165) is 37.5 Å². The zero-order valence-electron chi connectivity index (χ0n) is 23.4. The fraction of sp³-hybridized carbons (Fsp3) is 0.429. The number of nitrogens with zero attached hydrogens (tertiary/aromatic N) is 5. The molecule has 1 amide bonds. The summed E-state index contributed by atoms with van der Waals surface area (Å²) in [5.41, 5.74) is 2.76.